The Morgan fingerprint density at radius 1 is 1.16 bits per heavy atom. The number of nitrogens with one attached hydrogen (secondary N) is 2. The lowest BCUT2D eigenvalue weighted by molar-refractivity contribution is -0.140. The van der Waals surface area contributed by atoms with Gasteiger partial charge in [0.2, 0.25) is 0 Å². The number of esters is 1. The zero-order chi connectivity index (χ0) is 23.3. The summed E-state index contributed by atoms with van der Waals surface area (Å²) in [5, 5.41) is 6.75. The van der Waals surface area contributed by atoms with Gasteiger partial charge >= 0.3 is 5.97 Å². The van der Waals surface area contributed by atoms with Crippen LogP contribution in [0.25, 0.3) is 0 Å². The van der Waals surface area contributed by atoms with Gasteiger partial charge in [0, 0.05) is 23.5 Å². The molecule has 0 aromatic heterocycles. The minimum absolute atomic E-state index is 0.199. The van der Waals surface area contributed by atoms with Crippen molar-refractivity contribution in [2.45, 2.75) is 33.7 Å². The molecule has 7 heteroatoms. The molecule has 1 aliphatic rings. The molecule has 0 saturated carbocycles. The largest absolute Gasteiger partial charge is 0.462 e. The highest BCUT2D eigenvalue weighted by Gasteiger charge is 2.34. The number of thiocarbonyl (C=S) groups is 1. The van der Waals surface area contributed by atoms with Crippen LogP contribution in [-0.4, -0.2) is 35.0 Å². The molecule has 2 aromatic carbocycles. The van der Waals surface area contributed by atoms with E-state index < -0.39 is 6.04 Å². The van der Waals surface area contributed by atoms with Crippen molar-refractivity contribution < 1.29 is 14.3 Å². The highest BCUT2D eigenvalue weighted by molar-refractivity contribution is 7.80. The molecule has 0 radical (unpaired) electrons. The fourth-order valence-corrected chi connectivity index (χ4v) is 3.97. The van der Waals surface area contributed by atoms with Gasteiger partial charge in [0.25, 0.3) is 5.91 Å². The Balaban J connectivity index is 1.92. The SMILES string of the molecule is CCN1C(=S)NC(c2cccc(NC(=O)c3ccccc3)c2)C(C(=O)OCC(C)C)=C1C. The number of allylic oxidation sites excluding steroid dienone is 1. The number of amides is 1. The molecule has 6 nitrogen and oxygen atoms in total. The van der Waals surface area contributed by atoms with Crippen LogP contribution < -0.4 is 10.6 Å². The van der Waals surface area contributed by atoms with Crippen LogP contribution in [0, 0.1) is 5.92 Å². The molecule has 3 rings (SSSR count). The summed E-state index contributed by atoms with van der Waals surface area (Å²) in [4.78, 5) is 27.5. The third kappa shape index (κ3) is 5.34. The van der Waals surface area contributed by atoms with E-state index in [0.29, 0.717) is 35.1 Å². The molecule has 1 aliphatic heterocycles. The Labute approximate surface area is 194 Å². The summed E-state index contributed by atoms with van der Waals surface area (Å²) in [6, 6.07) is 16.0. The molecule has 1 amide bonds. The van der Waals surface area contributed by atoms with Gasteiger partial charge in [-0.15, -0.1) is 0 Å². The number of nitrogens with zero attached hydrogens (tertiary/aromatic N) is 1. The van der Waals surface area contributed by atoms with Crippen molar-refractivity contribution in [1.29, 1.82) is 0 Å². The first-order valence-corrected chi connectivity index (χ1v) is 11.1. The van der Waals surface area contributed by atoms with Crippen LogP contribution in [0.1, 0.15) is 49.7 Å². The van der Waals surface area contributed by atoms with E-state index in [0.717, 1.165) is 11.3 Å². The first-order valence-electron chi connectivity index (χ1n) is 10.7. The molecular weight excluding hydrogens is 422 g/mol. The fraction of sp³-hybridized carbons (Fsp3) is 0.320. The van der Waals surface area contributed by atoms with Crippen LogP contribution in [0.5, 0.6) is 0 Å². The second-order valence-electron chi connectivity index (χ2n) is 8.06. The van der Waals surface area contributed by atoms with Crippen molar-refractivity contribution in [2.75, 3.05) is 18.5 Å². The van der Waals surface area contributed by atoms with Crippen molar-refractivity contribution in [3.8, 4) is 0 Å². The lowest BCUT2D eigenvalue weighted by Gasteiger charge is -2.37. The number of ether oxygens (including phenoxy) is 1. The Morgan fingerprint density at radius 3 is 2.53 bits per heavy atom. The molecule has 0 spiro atoms. The second kappa shape index (κ2) is 10.4. The van der Waals surface area contributed by atoms with Crippen LogP contribution in [0.3, 0.4) is 0 Å². The molecule has 0 saturated heterocycles. The summed E-state index contributed by atoms with van der Waals surface area (Å²) >= 11 is 5.55. The van der Waals surface area contributed by atoms with Gasteiger partial charge in [0.15, 0.2) is 5.11 Å². The molecule has 1 unspecified atom stereocenters. The van der Waals surface area contributed by atoms with Crippen molar-refractivity contribution in [3.63, 3.8) is 0 Å². The molecule has 2 N–H and O–H groups in total. The van der Waals surface area contributed by atoms with E-state index in [2.05, 4.69) is 10.6 Å². The van der Waals surface area contributed by atoms with Gasteiger partial charge in [-0.25, -0.2) is 4.79 Å². The quantitative estimate of drug-likeness (QED) is 0.471. The van der Waals surface area contributed by atoms with E-state index in [9.17, 15) is 9.59 Å². The average Bonchev–Trinajstić information content (AvgIpc) is 2.78. The van der Waals surface area contributed by atoms with E-state index in [-0.39, 0.29) is 17.8 Å². The normalized spacial score (nSPS) is 16.1. The zero-order valence-electron chi connectivity index (χ0n) is 18.8. The Kier molecular flexibility index (Phi) is 7.64. The summed E-state index contributed by atoms with van der Waals surface area (Å²) in [6.45, 7) is 8.84. The molecular formula is C25H29N3O3S. The van der Waals surface area contributed by atoms with Crippen LogP contribution >= 0.6 is 12.2 Å². The number of carbonyl (C=O) groups excluding carboxylic acids is 2. The molecule has 0 bridgehead atoms. The van der Waals surface area contributed by atoms with Crippen molar-refractivity contribution in [3.05, 3.63) is 77.0 Å². The van der Waals surface area contributed by atoms with Crippen molar-refractivity contribution in [2.24, 2.45) is 5.92 Å². The molecule has 32 heavy (non-hydrogen) atoms. The Hall–Kier alpha value is -3.19. The molecule has 0 aliphatic carbocycles. The number of carbonyl (C=O) groups is 2. The highest BCUT2D eigenvalue weighted by atomic mass is 32.1. The second-order valence-corrected chi connectivity index (χ2v) is 8.45. The first kappa shape index (κ1) is 23.5. The van der Waals surface area contributed by atoms with Crippen molar-refractivity contribution in [1.82, 2.24) is 10.2 Å². The summed E-state index contributed by atoms with van der Waals surface area (Å²) in [6.07, 6.45) is 0. The topological polar surface area (TPSA) is 70.7 Å². The molecule has 168 valence electrons. The fourth-order valence-electron chi connectivity index (χ4n) is 3.59. The lowest BCUT2D eigenvalue weighted by Crippen LogP contribution is -2.47. The van der Waals surface area contributed by atoms with E-state index in [1.54, 1.807) is 12.1 Å². The maximum Gasteiger partial charge on any atom is 0.338 e. The van der Waals surface area contributed by atoms with Gasteiger partial charge in [-0.2, -0.15) is 0 Å². The number of anilines is 1. The van der Waals surface area contributed by atoms with Gasteiger partial charge < -0.3 is 20.3 Å². The predicted octanol–water partition coefficient (Wildman–Crippen LogP) is 4.66. The smallest absolute Gasteiger partial charge is 0.338 e. The number of rotatable bonds is 7. The first-order chi connectivity index (χ1) is 15.3. The molecule has 0 fully saturated rings. The summed E-state index contributed by atoms with van der Waals surface area (Å²) < 4.78 is 5.57. The minimum atomic E-state index is -0.474. The summed E-state index contributed by atoms with van der Waals surface area (Å²) in [5.41, 5.74) is 3.31. The van der Waals surface area contributed by atoms with Gasteiger partial charge in [-0.3, -0.25) is 4.79 Å². The highest BCUT2D eigenvalue weighted by Crippen LogP contribution is 2.32. The monoisotopic (exact) mass is 451 g/mol. The zero-order valence-corrected chi connectivity index (χ0v) is 19.7. The summed E-state index contributed by atoms with van der Waals surface area (Å²) in [7, 11) is 0. The van der Waals surface area contributed by atoms with Crippen LogP contribution in [-0.2, 0) is 9.53 Å². The van der Waals surface area contributed by atoms with Gasteiger partial charge in [0.05, 0.1) is 18.2 Å². The van der Waals surface area contributed by atoms with E-state index >= 15 is 0 Å². The van der Waals surface area contributed by atoms with E-state index in [1.165, 1.54) is 0 Å². The van der Waals surface area contributed by atoms with Crippen molar-refractivity contribution >= 4 is 34.9 Å². The average molecular weight is 452 g/mol. The Bertz CT molecular complexity index is 1030. The van der Waals surface area contributed by atoms with E-state index in [1.807, 2.05) is 75.1 Å². The van der Waals surface area contributed by atoms with Gasteiger partial charge in [-0.1, -0.05) is 44.2 Å². The maximum atomic E-state index is 13.1. The summed E-state index contributed by atoms with van der Waals surface area (Å²) in [5.74, 6) is -0.335. The minimum Gasteiger partial charge on any atom is -0.462 e. The lowest BCUT2D eigenvalue weighted by atomic mass is 9.94. The van der Waals surface area contributed by atoms with E-state index in [4.69, 9.17) is 17.0 Å². The third-order valence-electron chi connectivity index (χ3n) is 5.19. The number of hydrogen-bond donors (Lipinski definition) is 2. The van der Waals surface area contributed by atoms with Gasteiger partial charge in [0.1, 0.15) is 0 Å². The van der Waals surface area contributed by atoms with Crippen LogP contribution in [0.2, 0.25) is 0 Å². The molecule has 1 heterocycles. The predicted molar refractivity (Wildman–Crippen MR) is 130 cm³/mol. The third-order valence-corrected chi connectivity index (χ3v) is 5.53. The maximum absolute atomic E-state index is 13.1. The van der Waals surface area contributed by atoms with Crippen LogP contribution in [0.15, 0.2) is 65.9 Å². The number of benzene rings is 2. The van der Waals surface area contributed by atoms with Gasteiger partial charge in [-0.05, 0) is 61.8 Å². The molecule has 1 atom stereocenters. The standard InChI is InChI=1S/C25H29N3O3S/c1-5-28-17(4)21(24(30)31-15-16(2)3)22(27-25(28)32)19-12-9-13-20(14-19)26-23(29)18-10-7-6-8-11-18/h6-14,16,22H,5,15H2,1-4H3,(H,26,29)(H,27,32). The van der Waals surface area contributed by atoms with Crippen LogP contribution in [0.4, 0.5) is 5.69 Å². The molecule has 2 aromatic rings. The number of hydrogen-bond acceptors (Lipinski definition) is 4. The Morgan fingerprint density at radius 2 is 1.88 bits per heavy atom.